The van der Waals surface area contributed by atoms with Gasteiger partial charge in [0.2, 0.25) is 0 Å². The first-order valence-corrected chi connectivity index (χ1v) is 10.2. The highest BCUT2D eigenvalue weighted by molar-refractivity contribution is 6.30. The van der Waals surface area contributed by atoms with E-state index >= 15 is 0 Å². The second-order valence-electron chi connectivity index (χ2n) is 7.36. The third kappa shape index (κ3) is 4.59. The topological polar surface area (TPSA) is 59.0 Å². The number of carboxylic acids is 1. The summed E-state index contributed by atoms with van der Waals surface area (Å²) in [5, 5.41) is 9.79. The van der Waals surface area contributed by atoms with Crippen molar-refractivity contribution in [2.24, 2.45) is 0 Å². The van der Waals surface area contributed by atoms with Crippen molar-refractivity contribution in [1.82, 2.24) is 0 Å². The third-order valence-corrected chi connectivity index (χ3v) is 5.38. The van der Waals surface area contributed by atoms with Gasteiger partial charge < -0.3 is 19.5 Å². The SMILES string of the molecule is Cc1ccc(OCc2ccc(Cl)cc2F)c(CN2CCOc3c(C(=O)O)cccc32)c1. The zero-order valence-corrected chi connectivity index (χ0v) is 17.7. The van der Waals surface area contributed by atoms with Crippen LogP contribution in [0.15, 0.2) is 54.6 Å². The van der Waals surface area contributed by atoms with Crippen molar-refractivity contribution < 1.29 is 23.8 Å². The number of para-hydroxylation sites is 1. The highest BCUT2D eigenvalue weighted by atomic mass is 35.5. The van der Waals surface area contributed by atoms with Gasteiger partial charge in [0.1, 0.15) is 30.3 Å². The van der Waals surface area contributed by atoms with Crippen LogP contribution in [0.1, 0.15) is 27.0 Å². The molecular formula is C24H21ClFNO4. The van der Waals surface area contributed by atoms with Gasteiger partial charge in [-0.15, -0.1) is 0 Å². The van der Waals surface area contributed by atoms with Crippen LogP contribution < -0.4 is 14.4 Å². The summed E-state index contributed by atoms with van der Waals surface area (Å²) in [5.41, 5.74) is 3.26. The van der Waals surface area contributed by atoms with Gasteiger partial charge in [0.15, 0.2) is 5.75 Å². The Hall–Kier alpha value is -3.25. The number of carbonyl (C=O) groups is 1. The van der Waals surface area contributed by atoms with E-state index in [-0.39, 0.29) is 12.2 Å². The maximum Gasteiger partial charge on any atom is 0.339 e. The molecule has 5 nitrogen and oxygen atoms in total. The molecule has 31 heavy (non-hydrogen) atoms. The maximum absolute atomic E-state index is 14.1. The number of fused-ring (bicyclic) bond motifs is 1. The Balaban J connectivity index is 1.59. The lowest BCUT2D eigenvalue weighted by atomic mass is 10.1. The number of hydrogen-bond donors (Lipinski definition) is 1. The predicted molar refractivity (Wildman–Crippen MR) is 117 cm³/mol. The average molecular weight is 442 g/mol. The lowest BCUT2D eigenvalue weighted by Gasteiger charge is -2.32. The van der Waals surface area contributed by atoms with Crippen molar-refractivity contribution in [2.45, 2.75) is 20.1 Å². The molecule has 0 bridgehead atoms. The first-order valence-electron chi connectivity index (χ1n) is 9.82. The van der Waals surface area contributed by atoms with Crippen LogP contribution in [-0.4, -0.2) is 24.2 Å². The van der Waals surface area contributed by atoms with Crippen LogP contribution in [0.5, 0.6) is 11.5 Å². The van der Waals surface area contributed by atoms with E-state index in [1.807, 2.05) is 31.2 Å². The highest BCUT2D eigenvalue weighted by Gasteiger charge is 2.24. The number of halogens is 2. The molecule has 4 rings (SSSR count). The van der Waals surface area contributed by atoms with Crippen LogP contribution in [0, 0.1) is 12.7 Å². The fraction of sp³-hybridized carbons (Fsp3) is 0.208. The number of nitrogens with zero attached hydrogens (tertiary/aromatic N) is 1. The second kappa shape index (κ2) is 8.86. The van der Waals surface area contributed by atoms with Gasteiger partial charge in [0.25, 0.3) is 0 Å². The molecule has 1 N–H and O–H groups in total. The Morgan fingerprint density at radius 3 is 2.81 bits per heavy atom. The zero-order chi connectivity index (χ0) is 22.0. The normalized spacial score (nSPS) is 12.8. The fourth-order valence-electron chi connectivity index (χ4n) is 3.61. The van der Waals surface area contributed by atoms with E-state index < -0.39 is 11.8 Å². The van der Waals surface area contributed by atoms with E-state index in [9.17, 15) is 14.3 Å². The summed E-state index contributed by atoms with van der Waals surface area (Å²) in [7, 11) is 0. The summed E-state index contributed by atoms with van der Waals surface area (Å²) >= 11 is 5.82. The molecule has 0 saturated heterocycles. The molecule has 160 valence electrons. The predicted octanol–water partition coefficient (Wildman–Crippen LogP) is 5.46. The number of carboxylic acid groups (broad SMARTS) is 1. The number of benzene rings is 3. The largest absolute Gasteiger partial charge is 0.489 e. The monoisotopic (exact) mass is 441 g/mol. The van der Waals surface area contributed by atoms with Crippen molar-refractivity contribution in [3.8, 4) is 11.5 Å². The van der Waals surface area contributed by atoms with Crippen molar-refractivity contribution in [1.29, 1.82) is 0 Å². The van der Waals surface area contributed by atoms with Crippen LogP contribution >= 0.6 is 11.6 Å². The van der Waals surface area contributed by atoms with E-state index in [0.29, 0.717) is 41.8 Å². The first-order chi connectivity index (χ1) is 14.9. The van der Waals surface area contributed by atoms with Gasteiger partial charge in [0.05, 0.1) is 12.2 Å². The van der Waals surface area contributed by atoms with Crippen molar-refractivity contribution in [2.75, 3.05) is 18.1 Å². The molecule has 0 aromatic heterocycles. The quantitative estimate of drug-likeness (QED) is 0.550. The summed E-state index contributed by atoms with van der Waals surface area (Å²) in [5.74, 6) is -0.422. The highest BCUT2D eigenvalue weighted by Crippen LogP contribution is 2.37. The molecular weight excluding hydrogens is 421 g/mol. The van der Waals surface area contributed by atoms with Crippen LogP contribution in [0.2, 0.25) is 5.02 Å². The number of aromatic carboxylic acids is 1. The second-order valence-corrected chi connectivity index (χ2v) is 7.80. The fourth-order valence-corrected chi connectivity index (χ4v) is 3.77. The summed E-state index contributed by atoms with van der Waals surface area (Å²) < 4.78 is 25.7. The van der Waals surface area contributed by atoms with E-state index in [1.54, 1.807) is 18.2 Å². The molecule has 0 saturated carbocycles. The summed E-state index contributed by atoms with van der Waals surface area (Å²) in [6, 6.07) is 15.4. The smallest absolute Gasteiger partial charge is 0.339 e. The summed E-state index contributed by atoms with van der Waals surface area (Å²) in [4.78, 5) is 13.6. The van der Waals surface area contributed by atoms with Gasteiger partial charge in [0, 0.05) is 22.7 Å². The number of hydrogen-bond acceptors (Lipinski definition) is 4. The Labute approximate surface area is 184 Å². The van der Waals surface area contributed by atoms with Gasteiger partial charge in [-0.3, -0.25) is 0 Å². The van der Waals surface area contributed by atoms with Crippen LogP contribution in [0.4, 0.5) is 10.1 Å². The lowest BCUT2D eigenvalue weighted by Crippen LogP contribution is -2.33. The van der Waals surface area contributed by atoms with Crippen LogP contribution in [0.3, 0.4) is 0 Å². The average Bonchev–Trinajstić information content (AvgIpc) is 2.74. The molecule has 3 aromatic rings. The van der Waals surface area contributed by atoms with Crippen LogP contribution in [-0.2, 0) is 13.2 Å². The molecule has 7 heteroatoms. The standard InChI is InChI=1S/C24H21ClFNO4/c1-15-5-8-22(31-14-16-6-7-18(25)12-20(16)26)17(11-15)13-27-9-10-30-23-19(24(28)29)3-2-4-21(23)27/h2-8,11-12H,9-10,13-14H2,1H3,(H,28,29). The molecule has 0 spiro atoms. The molecule has 0 fully saturated rings. The molecule has 0 radical (unpaired) electrons. The Morgan fingerprint density at radius 2 is 2.03 bits per heavy atom. The van der Waals surface area contributed by atoms with Gasteiger partial charge in [-0.25, -0.2) is 9.18 Å². The van der Waals surface area contributed by atoms with Gasteiger partial charge in [-0.1, -0.05) is 41.4 Å². The lowest BCUT2D eigenvalue weighted by molar-refractivity contribution is 0.0692. The molecule has 0 unspecified atom stereocenters. The van der Waals surface area contributed by atoms with E-state index in [0.717, 1.165) is 16.8 Å². The Kier molecular flexibility index (Phi) is 6.00. The maximum atomic E-state index is 14.1. The minimum atomic E-state index is -1.02. The summed E-state index contributed by atoms with van der Waals surface area (Å²) in [6.07, 6.45) is 0. The molecule has 0 aliphatic carbocycles. The molecule has 1 aliphatic heterocycles. The first kappa shape index (κ1) is 21.0. The van der Waals surface area contributed by atoms with Gasteiger partial charge in [-0.2, -0.15) is 0 Å². The van der Waals surface area contributed by atoms with Crippen molar-refractivity contribution in [3.05, 3.63) is 87.7 Å². The summed E-state index contributed by atoms with van der Waals surface area (Å²) in [6.45, 7) is 3.55. The number of anilines is 1. The number of aryl methyl sites for hydroxylation is 1. The molecule has 1 heterocycles. The van der Waals surface area contributed by atoms with Crippen molar-refractivity contribution >= 4 is 23.3 Å². The number of rotatable bonds is 6. The van der Waals surface area contributed by atoms with E-state index in [2.05, 4.69) is 4.90 Å². The van der Waals surface area contributed by atoms with Gasteiger partial charge >= 0.3 is 5.97 Å². The van der Waals surface area contributed by atoms with Gasteiger partial charge in [-0.05, 0) is 37.3 Å². The third-order valence-electron chi connectivity index (χ3n) is 5.15. The molecule has 0 atom stereocenters. The molecule has 3 aromatic carbocycles. The van der Waals surface area contributed by atoms with Crippen molar-refractivity contribution in [3.63, 3.8) is 0 Å². The Morgan fingerprint density at radius 1 is 1.19 bits per heavy atom. The van der Waals surface area contributed by atoms with E-state index in [4.69, 9.17) is 21.1 Å². The Bertz CT molecular complexity index is 1130. The molecule has 0 amide bonds. The minimum Gasteiger partial charge on any atom is -0.489 e. The minimum absolute atomic E-state index is 0.0714. The number of ether oxygens (including phenoxy) is 2. The van der Waals surface area contributed by atoms with E-state index in [1.165, 1.54) is 12.1 Å². The zero-order valence-electron chi connectivity index (χ0n) is 16.9. The van der Waals surface area contributed by atoms with Crippen LogP contribution in [0.25, 0.3) is 0 Å². The molecule has 1 aliphatic rings.